The summed E-state index contributed by atoms with van der Waals surface area (Å²) >= 11 is 5.76. The smallest absolute Gasteiger partial charge is 0.244 e. The molecule has 3 heterocycles. The van der Waals surface area contributed by atoms with Crippen molar-refractivity contribution in [1.82, 2.24) is 19.8 Å². The molecule has 0 unspecified atom stereocenters. The fourth-order valence-electron chi connectivity index (χ4n) is 4.65. The van der Waals surface area contributed by atoms with E-state index in [1.54, 1.807) is 13.3 Å². The molecular weight excluding hydrogens is 470 g/mol. The fraction of sp³-hybridized carbons (Fsp3) is 0.179. The number of anilines is 1. The van der Waals surface area contributed by atoms with Gasteiger partial charge in [0.2, 0.25) is 5.91 Å². The molecule has 0 spiro atoms. The first kappa shape index (κ1) is 23.6. The molecule has 1 fully saturated rings. The number of hydrogen-bond acceptors (Lipinski definition) is 4. The van der Waals surface area contributed by atoms with Gasteiger partial charge in [-0.3, -0.25) is 9.78 Å². The van der Waals surface area contributed by atoms with Crippen LogP contribution in [-0.4, -0.2) is 39.1 Å². The minimum atomic E-state index is -0.260. The molecule has 8 heteroatoms. The number of carbonyl (C=O) groups is 1. The number of hydrogen-bond donors (Lipinski definition) is 2. The van der Waals surface area contributed by atoms with Crippen molar-refractivity contribution in [3.8, 4) is 11.4 Å². The number of thiocarbonyl (C=S) groups is 1. The number of methoxy groups -OCH3 is 1. The third-order valence-corrected chi connectivity index (χ3v) is 6.66. The Balaban J connectivity index is 1.54. The molecule has 1 aliphatic rings. The van der Waals surface area contributed by atoms with Gasteiger partial charge in [-0.15, -0.1) is 0 Å². The zero-order chi connectivity index (χ0) is 25.1. The highest BCUT2D eigenvalue weighted by atomic mass is 32.1. The molecule has 7 nitrogen and oxygen atoms in total. The Morgan fingerprint density at radius 1 is 1.03 bits per heavy atom. The summed E-state index contributed by atoms with van der Waals surface area (Å²) in [7, 11) is 1.66. The SMILES string of the molecule is COc1ccc(-n2c(C)ccc2[C@H]2[C@@H](c3ccccn3)NC(=S)N2CC(=O)Nc2ccccc2)cc1. The molecule has 1 amide bonds. The summed E-state index contributed by atoms with van der Waals surface area (Å²) < 4.78 is 7.54. The van der Waals surface area contributed by atoms with Crippen LogP contribution in [-0.2, 0) is 4.79 Å². The third kappa shape index (κ3) is 4.67. The summed E-state index contributed by atoms with van der Waals surface area (Å²) in [5, 5.41) is 6.91. The van der Waals surface area contributed by atoms with E-state index in [0.29, 0.717) is 5.11 Å². The third-order valence-electron chi connectivity index (χ3n) is 6.31. The molecule has 2 aromatic carbocycles. The standard InChI is InChI=1S/C28H27N5O2S/c1-19-11-16-24(33(19)21-12-14-22(35-2)15-13-21)27-26(23-10-6-7-17-29-23)31-28(36)32(27)18-25(34)30-20-8-4-3-5-9-20/h3-17,26-27H,18H2,1-2H3,(H,30,34)(H,31,36)/t26-,27+/m1/s1. The number of para-hydroxylation sites is 1. The van der Waals surface area contributed by atoms with Crippen molar-refractivity contribution in [2.75, 3.05) is 19.0 Å². The molecule has 0 bridgehead atoms. The van der Waals surface area contributed by atoms with Crippen LogP contribution in [0.25, 0.3) is 5.69 Å². The van der Waals surface area contributed by atoms with Gasteiger partial charge in [-0.05, 0) is 79.8 Å². The maximum atomic E-state index is 13.1. The number of pyridine rings is 1. The number of rotatable bonds is 7. The van der Waals surface area contributed by atoms with Crippen LogP contribution in [0, 0.1) is 6.92 Å². The molecule has 2 atom stereocenters. The molecule has 2 N–H and O–H groups in total. The van der Waals surface area contributed by atoms with Gasteiger partial charge in [-0.1, -0.05) is 24.3 Å². The minimum Gasteiger partial charge on any atom is -0.497 e. The predicted molar refractivity (Wildman–Crippen MR) is 144 cm³/mol. The Morgan fingerprint density at radius 3 is 2.47 bits per heavy atom. The molecule has 0 aliphatic carbocycles. The zero-order valence-electron chi connectivity index (χ0n) is 20.1. The molecule has 0 radical (unpaired) electrons. The Kier molecular flexibility index (Phi) is 6.69. The number of nitrogens with zero attached hydrogens (tertiary/aromatic N) is 3. The van der Waals surface area contributed by atoms with Crippen molar-refractivity contribution < 1.29 is 9.53 Å². The lowest BCUT2D eigenvalue weighted by molar-refractivity contribution is -0.116. The highest BCUT2D eigenvalue weighted by Crippen LogP contribution is 2.40. The van der Waals surface area contributed by atoms with Crippen molar-refractivity contribution in [3.63, 3.8) is 0 Å². The van der Waals surface area contributed by atoms with Crippen molar-refractivity contribution in [2.24, 2.45) is 0 Å². The average molecular weight is 498 g/mol. The van der Waals surface area contributed by atoms with Gasteiger partial charge in [0.25, 0.3) is 0 Å². The number of carbonyl (C=O) groups excluding carboxylic acids is 1. The number of benzene rings is 2. The van der Waals surface area contributed by atoms with Crippen LogP contribution in [0.4, 0.5) is 5.69 Å². The Labute approximate surface area is 215 Å². The van der Waals surface area contributed by atoms with Gasteiger partial charge in [0.15, 0.2) is 5.11 Å². The van der Waals surface area contributed by atoms with Gasteiger partial charge in [0, 0.05) is 29.0 Å². The molecule has 0 saturated carbocycles. The van der Waals surface area contributed by atoms with Crippen molar-refractivity contribution in [1.29, 1.82) is 0 Å². The average Bonchev–Trinajstić information content (AvgIpc) is 3.44. The fourth-order valence-corrected chi connectivity index (χ4v) is 4.95. The maximum absolute atomic E-state index is 13.1. The molecule has 1 aliphatic heterocycles. The number of ether oxygens (including phenoxy) is 1. The van der Waals surface area contributed by atoms with Crippen molar-refractivity contribution in [3.05, 3.63) is 108 Å². The van der Waals surface area contributed by atoms with Crippen LogP contribution in [0.1, 0.15) is 29.2 Å². The Bertz CT molecular complexity index is 1360. The number of aromatic nitrogens is 2. The zero-order valence-corrected chi connectivity index (χ0v) is 20.9. The molecule has 182 valence electrons. The summed E-state index contributed by atoms with van der Waals surface area (Å²) in [4.78, 5) is 19.6. The molecular formula is C28H27N5O2S. The van der Waals surface area contributed by atoms with Crippen LogP contribution < -0.4 is 15.4 Å². The second-order valence-corrected chi connectivity index (χ2v) is 8.99. The number of aryl methyl sites for hydroxylation is 1. The van der Waals surface area contributed by atoms with E-state index in [4.69, 9.17) is 17.0 Å². The molecule has 2 aromatic heterocycles. The molecule has 36 heavy (non-hydrogen) atoms. The number of amides is 1. The molecule has 4 aromatic rings. The summed E-state index contributed by atoms with van der Waals surface area (Å²) in [5.74, 6) is 0.649. The van der Waals surface area contributed by atoms with E-state index in [9.17, 15) is 4.79 Å². The van der Waals surface area contributed by atoms with Crippen molar-refractivity contribution >= 4 is 28.9 Å². The van der Waals surface area contributed by atoms with E-state index >= 15 is 0 Å². The second kappa shape index (κ2) is 10.2. The van der Waals surface area contributed by atoms with Gasteiger partial charge in [0.05, 0.1) is 24.9 Å². The second-order valence-electron chi connectivity index (χ2n) is 8.60. The monoisotopic (exact) mass is 497 g/mol. The van der Waals surface area contributed by atoms with Crippen molar-refractivity contribution in [2.45, 2.75) is 19.0 Å². The van der Waals surface area contributed by atoms with E-state index < -0.39 is 0 Å². The summed E-state index contributed by atoms with van der Waals surface area (Å²) in [6.07, 6.45) is 1.77. The summed E-state index contributed by atoms with van der Waals surface area (Å²) in [6, 6.07) is 26.9. The lowest BCUT2D eigenvalue weighted by atomic mass is 10.0. The van der Waals surface area contributed by atoms with E-state index in [2.05, 4.69) is 39.2 Å². The maximum Gasteiger partial charge on any atom is 0.244 e. The van der Waals surface area contributed by atoms with Gasteiger partial charge < -0.3 is 24.8 Å². The highest BCUT2D eigenvalue weighted by Gasteiger charge is 2.42. The first-order chi connectivity index (χ1) is 17.5. The van der Waals surface area contributed by atoms with E-state index in [-0.39, 0.29) is 24.5 Å². The van der Waals surface area contributed by atoms with Crippen LogP contribution >= 0.6 is 12.2 Å². The predicted octanol–water partition coefficient (Wildman–Crippen LogP) is 4.80. The topological polar surface area (TPSA) is 71.4 Å². The number of nitrogens with one attached hydrogen (secondary N) is 2. The summed E-state index contributed by atoms with van der Waals surface area (Å²) in [6.45, 7) is 2.16. The Morgan fingerprint density at radius 2 is 1.78 bits per heavy atom. The minimum absolute atomic E-state index is 0.0988. The van der Waals surface area contributed by atoms with Crippen LogP contribution in [0.3, 0.4) is 0 Å². The van der Waals surface area contributed by atoms with Gasteiger partial charge in [-0.2, -0.15) is 0 Å². The molecule has 1 saturated heterocycles. The normalized spacial score (nSPS) is 17.1. The lowest BCUT2D eigenvalue weighted by Gasteiger charge is -2.29. The van der Waals surface area contributed by atoms with E-state index in [1.165, 1.54) is 0 Å². The quantitative estimate of drug-likeness (QED) is 0.358. The van der Waals surface area contributed by atoms with Gasteiger partial charge in [0.1, 0.15) is 12.3 Å². The Hall–Kier alpha value is -4.17. The van der Waals surface area contributed by atoms with Crippen LogP contribution in [0.5, 0.6) is 5.75 Å². The largest absolute Gasteiger partial charge is 0.497 e. The van der Waals surface area contributed by atoms with Gasteiger partial charge in [-0.25, -0.2) is 0 Å². The first-order valence-electron chi connectivity index (χ1n) is 11.7. The highest BCUT2D eigenvalue weighted by molar-refractivity contribution is 7.80. The van der Waals surface area contributed by atoms with Gasteiger partial charge >= 0.3 is 0 Å². The molecule has 5 rings (SSSR count). The van der Waals surface area contributed by atoms with E-state index in [0.717, 1.165) is 34.2 Å². The van der Waals surface area contributed by atoms with Crippen LogP contribution in [0.15, 0.2) is 91.1 Å². The first-order valence-corrected chi connectivity index (χ1v) is 12.1. The lowest BCUT2D eigenvalue weighted by Crippen LogP contribution is -2.37. The summed E-state index contributed by atoms with van der Waals surface area (Å²) in [5.41, 5.74) is 4.68. The van der Waals surface area contributed by atoms with E-state index in [1.807, 2.05) is 77.7 Å². The van der Waals surface area contributed by atoms with Crippen LogP contribution in [0.2, 0.25) is 0 Å².